The Morgan fingerprint density at radius 1 is 1.33 bits per heavy atom. The van der Waals surface area contributed by atoms with Gasteiger partial charge in [0.15, 0.2) is 5.96 Å². The zero-order valence-corrected chi connectivity index (χ0v) is 17.9. The molecule has 1 saturated heterocycles. The lowest BCUT2D eigenvalue weighted by atomic mass is 10.1. The van der Waals surface area contributed by atoms with Crippen molar-refractivity contribution < 1.29 is 4.74 Å². The average molecular weight is 463 g/mol. The van der Waals surface area contributed by atoms with Crippen LogP contribution in [0.2, 0.25) is 0 Å². The van der Waals surface area contributed by atoms with E-state index in [1.807, 2.05) is 13.0 Å². The SMILES string of the molecule is CCNC(=NCC1CCCS1)NCCc1cccc(OCC)c1.I. The largest absolute Gasteiger partial charge is 0.494 e. The number of guanidine groups is 1. The molecule has 136 valence electrons. The molecule has 1 atom stereocenters. The van der Waals surface area contributed by atoms with Gasteiger partial charge in [0.25, 0.3) is 0 Å². The highest BCUT2D eigenvalue weighted by molar-refractivity contribution is 14.0. The summed E-state index contributed by atoms with van der Waals surface area (Å²) in [5.74, 6) is 3.17. The Hall–Kier alpha value is -0.630. The van der Waals surface area contributed by atoms with Crippen LogP contribution >= 0.6 is 35.7 Å². The van der Waals surface area contributed by atoms with Crippen molar-refractivity contribution >= 4 is 41.7 Å². The molecule has 1 fully saturated rings. The van der Waals surface area contributed by atoms with Crippen molar-refractivity contribution in [2.75, 3.05) is 32.0 Å². The van der Waals surface area contributed by atoms with Gasteiger partial charge in [-0.3, -0.25) is 4.99 Å². The Morgan fingerprint density at radius 2 is 2.21 bits per heavy atom. The summed E-state index contributed by atoms with van der Waals surface area (Å²) in [4.78, 5) is 4.72. The van der Waals surface area contributed by atoms with E-state index >= 15 is 0 Å². The molecule has 1 unspecified atom stereocenters. The molecule has 4 nitrogen and oxygen atoms in total. The number of ether oxygens (including phenoxy) is 1. The van der Waals surface area contributed by atoms with E-state index in [1.165, 1.54) is 24.2 Å². The molecule has 0 aromatic heterocycles. The van der Waals surface area contributed by atoms with Crippen LogP contribution in [0.1, 0.15) is 32.3 Å². The number of halogens is 1. The van der Waals surface area contributed by atoms with Gasteiger partial charge >= 0.3 is 0 Å². The van der Waals surface area contributed by atoms with Gasteiger partial charge in [-0.15, -0.1) is 24.0 Å². The van der Waals surface area contributed by atoms with Gasteiger partial charge in [0.2, 0.25) is 0 Å². The molecule has 1 heterocycles. The monoisotopic (exact) mass is 463 g/mol. The lowest BCUT2D eigenvalue weighted by Gasteiger charge is -2.13. The molecule has 1 aromatic rings. The van der Waals surface area contributed by atoms with Gasteiger partial charge in [0, 0.05) is 18.3 Å². The summed E-state index contributed by atoms with van der Waals surface area (Å²) in [6.45, 7) is 7.50. The molecule has 2 rings (SSSR count). The van der Waals surface area contributed by atoms with Gasteiger partial charge in [0.1, 0.15) is 5.75 Å². The van der Waals surface area contributed by atoms with Crippen LogP contribution in [0, 0.1) is 0 Å². The second kappa shape index (κ2) is 12.7. The molecule has 0 bridgehead atoms. The minimum Gasteiger partial charge on any atom is -0.494 e. The lowest BCUT2D eigenvalue weighted by molar-refractivity contribution is 0.340. The highest BCUT2D eigenvalue weighted by Gasteiger charge is 2.14. The van der Waals surface area contributed by atoms with E-state index in [4.69, 9.17) is 9.73 Å². The van der Waals surface area contributed by atoms with E-state index in [-0.39, 0.29) is 24.0 Å². The van der Waals surface area contributed by atoms with E-state index in [0.29, 0.717) is 11.9 Å². The number of nitrogens with zero attached hydrogens (tertiary/aromatic N) is 1. The van der Waals surface area contributed by atoms with Gasteiger partial charge in [-0.1, -0.05) is 12.1 Å². The van der Waals surface area contributed by atoms with Crippen molar-refractivity contribution in [1.29, 1.82) is 0 Å². The topological polar surface area (TPSA) is 45.7 Å². The van der Waals surface area contributed by atoms with E-state index in [0.717, 1.165) is 37.8 Å². The predicted octanol–water partition coefficient (Wildman–Crippen LogP) is 3.70. The molecular weight excluding hydrogens is 433 g/mol. The van der Waals surface area contributed by atoms with E-state index in [9.17, 15) is 0 Å². The molecular formula is C18H30IN3OS. The summed E-state index contributed by atoms with van der Waals surface area (Å²) in [6.07, 6.45) is 3.60. The van der Waals surface area contributed by atoms with Crippen LogP contribution in [0.25, 0.3) is 0 Å². The fourth-order valence-corrected chi connectivity index (χ4v) is 3.79. The minimum absolute atomic E-state index is 0. The number of aliphatic imine (C=N–C) groups is 1. The van der Waals surface area contributed by atoms with Crippen LogP contribution in [0.5, 0.6) is 5.75 Å². The summed E-state index contributed by atoms with van der Waals surface area (Å²) in [5.41, 5.74) is 1.28. The second-order valence-electron chi connectivity index (χ2n) is 5.61. The van der Waals surface area contributed by atoms with Gasteiger partial charge < -0.3 is 15.4 Å². The van der Waals surface area contributed by atoms with Crippen LogP contribution in [-0.4, -0.2) is 43.2 Å². The van der Waals surface area contributed by atoms with Crippen LogP contribution in [0.15, 0.2) is 29.3 Å². The van der Waals surface area contributed by atoms with Crippen LogP contribution < -0.4 is 15.4 Å². The summed E-state index contributed by atoms with van der Waals surface area (Å²) < 4.78 is 5.55. The predicted molar refractivity (Wildman–Crippen MR) is 116 cm³/mol. The van der Waals surface area contributed by atoms with Gasteiger partial charge in [-0.25, -0.2) is 0 Å². The molecule has 6 heteroatoms. The summed E-state index contributed by atoms with van der Waals surface area (Å²) in [7, 11) is 0. The Morgan fingerprint density at radius 3 is 2.92 bits per heavy atom. The minimum atomic E-state index is 0. The lowest BCUT2D eigenvalue weighted by Crippen LogP contribution is -2.38. The quantitative estimate of drug-likeness (QED) is 0.351. The first-order valence-electron chi connectivity index (χ1n) is 8.67. The molecule has 1 aromatic carbocycles. The first kappa shape index (κ1) is 21.4. The van der Waals surface area contributed by atoms with Crippen molar-refractivity contribution in [3.8, 4) is 5.75 Å². The molecule has 0 saturated carbocycles. The Kier molecular flexibility index (Phi) is 11.3. The van der Waals surface area contributed by atoms with Gasteiger partial charge in [-0.2, -0.15) is 11.8 Å². The third-order valence-corrected chi connectivity index (χ3v) is 5.12. The second-order valence-corrected chi connectivity index (χ2v) is 7.02. The first-order chi connectivity index (χ1) is 11.3. The fourth-order valence-electron chi connectivity index (χ4n) is 2.61. The summed E-state index contributed by atoms with van der Waals surface area (Å²) >= 11 is 2.05. The first-order valence-corrected chi connectivity index (χ1v) is 9.72. The number of nitrogens with one attached hydrogen (secondary N) is 2. The molecule has 0 amide bonds. The number of hydrogen-bond donors (Lipinski definition) is 2. The molecule has 0 radical (unpaired) electrons. The van der Waals surface area contributed by atoms with Crippen molar-refractivity contribution in [2.45, 2.75) is 38.4 Å². The van der Waals surface area contributed by atoms with Crippen LogP contribution in [-0.2, 0) is 6.42 Å². The standard InChI is InChI=1S/C18H29N3OS.HI/c1-3-19-18(21-14-17-9-6-12-23-17)20-11-10-15-7-5-8-16(13-15)22-4-2;/h5,7-8,13,17H,3-4,6,9-12,14H2,1-2H3,(H2,19,20,21);1H. The zero-order chi connectivity index (χ0) is 16.3. The number of thioether (sulfide) groups is 1. The number of hydrogen-bond acceptors (Lipinski definition) is 3. The highest BCUT2D eigenvalue weighted by atomic mass is 127. The van der Waals surface area contributed by atoms with Crippen molar-refractivity contribution in [3.63, 3.8) is 0 Å². The third-order valence-electron chi connectivity index (χ3n) is 3.74. The van der Waals surface area contributed by atoms with Gasteiger partial charge in [0.05, 0.1) is 13.2 Å². The van der Waals surface area contributed by atoms with Crippen LogP contribution in [0.4, 0.5) is 0 Å². The van der Waals surface area contributed by atoms with E-state index in [1.54, 1.807) is 0 Å². The molecule has 0 spiro atoms. The molecule has 1 aliphatic rings. The Labute approximate surface area is 167 Å². The maximum absolute atomic E-state index is 5.55. The summed E-state index contributed by atoms with van der Waals surface area (Å²) in [5, 5.41) is 7.47. The maximum atomic E-state index is 5.55. The average Bonchev–Trinajstić information content (AvgIpc) is 3.07. The zero-order valence-electron chi connectivity index (χ0n) is 14.7. The van der Waals surface area contributed by atoms with Crippen molar-refractivity contribution in [1.82, 2.24) is 10.6 Å². The van der Waals surface area contributed by atoms with Crippen molar-refractivity contribution in [3.05, 3.63) is 29.8 Å². The smallest absolute Gasteiger partial charge is 0.191 e. The number of benzene rings is 1. The highest BCUT2D eigenvalue weighted by Crippen LogP contribution is 2.25. The molecule has 1 aliphatic heterocycles. The number of rotatable bonds is 8. The fraction of sp³-hybridized carbons (Fsp3) is 0.611. The van der Waals surface area contributed by atoms with Crippen molar-refractivity contribution in [2.24, 2.45) is 4.99 Å². The maximum Gasteiger partial charge on any atom is 0.191 e. The van der Waals surface area contributed by atoms with Crippen LogP contribution in [0.3, 0.4) is 0 Å². The van der Waals surface area contributed by atoms with E-state index < -0.39 is 0 Å². The van der Waals surface area contributed by atoms with E-state index in [2.05, 4.69) is 47.5 Å². The molecule has 24 heavy (non-hydrogen) atoms. The summed E-state index contributed by atoms with van der Waals surface area (Å²) in [6, 6.07) is 8.32. The Balaban J connectivity index is 0.00000288. The molecule has 2 N–H and O–H groups in total. The van der Waals surface area contributed by atoms with Gasteiger partial charge in [-0.05, 0) is 56.6 Å². The Bertz CT molecular complexity index is 493. The molecule has 0 aliphatic carbocycles. The third kappa shape index (κ3) is 7.96. The normalized spacial score (nSPS) is 17.2.